The lowest BCUT2D eigenvalue weighted by Crippen LogP contribution is -2.37. The number of pyridine rings is 1. The summed E-state index contributed by atoms with van der Waals surface area (Å²) in [4.78, 5) is 27.6. The van der Waals surface area contributed by atoms with Crippen molar-refractivity contribution in [3.8, 4) is 0 Å². The first-order valence-electron chi connectivity index (χ1n) is 6.33. The molecule has 0 aliphatic heterocycles. The van der Waals surface area contributed by atoms with Crippen LogP contribution >= 0.6 is 11.8 Å². The highest BCUT2D eigenvalue weighted by molar-refractivity contribution is 7.98. The molecule has 0 aliphatic carbocycles. The van der Waals surface area contributed by atoms with Crippen LogP contribution in [0, 0.1) is 0 Å². The summed E-state index contributed by atoms with van der Waals surface area (Å²) in [5, 5.41) is 0. The topological polar surface area (TPSA) is 56.9 Å². The van der Waals surface area contributed by atoms with E-state index in [9.17, 15) is 9.59 Å². The van der Waals surface area contributed by atoms with Crippen molar-refractivity contribution in [1.82, 2.24) is 14.1 Å². The molecule has 0 N–H and O–H groups in total. The van der Waals surface area contributed by atoms with Gasteiger partial charge < -0.3 is 0 Å². The summed E-state index contributed by atoms with van der Waals surface area (Å²) in [5.41, 5.74) is 1.27. The van der Waals surface area contributed by atoms with E-state index in [4.69, 9.17) is 0 Å². The van der Waals surface area contributed by atoms with Crippen LogP contribution in [0.5, 0.6) is 0 Å². The Balaban J connectivity index is 1.95. The highest BCUT2D eigenvalue weighted by Gasteiger charge is 2.05. The molecule has 0 unspecified atom stereocenters. The molecule has 0 aromatic carbocycles. The third kappa shape index (κ3) is 3.39. The van der Waals surface area contributed by atoms with Gasteiger partial charge in [-0.1, -0.05) is 6.07 Å². The fourth-order valence-corrected chi connectivity index (χ4v) is 2.80. The van der Waals surface area contributed by atoms with E-state index in [2.05, 4.69) is 4.98 Å². The summed E-state index contributed by atoms with van der Waals surface area (Å²) in [6.45, 7) is 0. The molecule has 0 atom stereocenters. The fourth-order valence-electron chi connectivity index (χ4n) is 1.82. The van der Waals surface area contributed by atoms with E-state index in [1.165, 1.54) is 17.7 Å². The largest absolute Gasteiger partial charge is 0.330 e. The highest BCUT2D eigenvalue weighted by Crippen LogP contribution is 2.11. The standard InChI is InChI=1S/C14H17N3O2S/c1-16-12(9-13(18)17(2)14(16)19)10-20-8-6-11-5-3-4-7-15-11/h3-5,7,9H,6,8,10H2,1-2H3. The van der Waals surface area contributed by atoms with E-state index in [1.807, 2.05) is 18.2 Å². The number of rotatable bonds is 5. The fraction of sp³-hybridized carbons (Fsp3) is 0.357. The Labute approximate surface area is 121 Å². The van der Waals surface area contributed by atoms with Crippen LogP contribution in [0.3, 0.4) is 0 Å². The third-order valence-corrected chi connectivity index (χ3v) is 4.10. The molecule has 106 valence electrons. The second-order valence-corrected chi connectivity index (χ2v) is 5.60. The number of aryl methyl sites for hydroxylation is 1. The summed E-state index contributed by atoms with van der Waals surface area (Å²) < 4.78 is 2.64. The molecule has 0 amide bonds. The molecular formula is C14H17N3O2S. The zero-order chi connectivity index (χ0) is 14.5. The van der Waals surface area contributed by atoms with Gasteiger partial charge in [-0.25, -0.2) is 4.79 Å². The first-order valence-corrected chi connectivity index (χ1v) is 7.48. The van der Waals surface area contributed by atoms with Gasteiger partial charge in [0.1, 0.15) is 0 Å². The van der Waals surface area contributed by atoms with Gasteiger partial charge >= 0.3 is 5.69 Å². The summed E-state index contributed by atoms with van der Waals surface area (Å²) in [5.74, 6) is 1.55. The predicted octanol–water partition coefficient (Wildman–Crippen LogP) is 0.955. The van der Waals surface area contributed by atoms with E-state index in [1.54, 1.807) is 25.0 Å². The Morgan fingerprint density at radius 2 is 2.00 bits per heavy atom. The SMILES string of the molecule is Cn1c(CSCCc2ccccn2)cc(=O)n(C)c1=O. The molecule has 6 heteroatoms. The van der Waals surface area contributed by atoms with Crippen LogP contribution in [0.1, 0.15) is 11.4 Å². The van der Waals surface area contributed by atoms with E-state index in [0.29, 0.717) is 5.75 Å². The number of thioether (sulfide) groups is 1. The second kappa shape index (κ2) is 6.56. The molecule has 0 radical (unpaired) electrons. The second-order valence-electron chi connectivity index (χ2n) is 4.50. The molecule has 0 fully saturated rings. The van der Waals surface area contributed by atoms with Gasteiger partial charge in [0.05, 0.1) is 0 Å². The molecule has 20 heavy (non-hydrogen) atoms. The van der Waals surface area contributed by atoms with E-state index in [0.717, 1.165) is 28.1 Å². The zero-order valence-electron chi connectivity index (χ0n) is 11.6. The van der Waals surface area contributed by atoms with E-state index >= 15 is 0 Å². The van der Waals surface area contributed by atoms with Gasteiger partial charge in [-0.05, 0) is 24.3 Å². The molecule has 2 rings (SSSR count). The summed E-state index contributed by atoms with van der Waals surface area (Å²) in [7, 11) is 3.18. The minimum Gasteiger partial charge on any atom is -0.300 e. The summed E-state index contributed by atoms with van der Waals surface area (Å²) >= 11 is 1.69. The zero-order valence-corrected chi connectivity index (χ0v) is 12.4. The maximum Gasteiger partial charge on any atom is 0.330 e. The summed E-state index contributed by atoms with van der Waals surface area (Å²) in [6, 6.07) is 7.38. The van der Waals surface area contributed by atoms with Crippen molar-refractivity contribution in [1.29, 1.82) is 0 Å². The Morgan fingerprint density at radius 3 is 2.70 bits per heavy atom. The minimum absolute atomic E-state index is 0.256. The van der Waals surface area contributed by atoms with E-state index in [-0.39, 0.29) is 11.2 Å². The predicted molar refractivity (Wildman–Crippen MR) is 81.0 cm³/mol. The first kappa shape index (κ1) is 14.6. The average molecular weight is 291 g/mol. The molecule has 0 spiro atoms. The van der Waals surface area contributed by atoms with Gasteiger partial charge in [-0.15, -0.1) is 0 Å². The van der Waals surface area contributed by atoms with Gasteiger partial charge in [0.15, 0.2) is 0 Å². The van der Waals surface area contributed by atoms with Crippen molar-refractivity contribution >= 4 is 11.8 Å². The maximum atomic E-state index is 11.8. The Morgan fingerprint density at radius 1 is 1.20 bits per heavy atom. The molecule has 0 saturated heterocycles. The highest BCUT2D eigenvalue weighted by atomic mass is 32.2. The van der Waals surface area contributed by atoms with Crippen molar-refractivity contribution in [2.45, 2.75) is 12.2 Å². The molecule has 0 saturated carbocycles. The third-order valence-electron chi connectivity index (χ3n) is 3.10. The molecule has 0 aliphatic rings. The monoisotopic (exact) mass is 291 g/mol. The maximum absolute atomic E-state index is 11.8. The smallest absolute Gasteiger partial charge is 0.300 e. The Hall–Kier alpha value is -1.82. The quantitative estimate of drug-likeness (QED) is 0.770. The van der Waals surface area contributed by atoms with Crippen LogP contribution in [0.4, 0.5) is 0 Å². The van der Waals surface area contributed by atoms with Crippen molar-refractivity contribution in [2.75, 3.05) is 5.75 Å². The van der Waals surface area contributed by atoms with Crippen molar-refractivity contribution in [3.05, 3.63) is 62.7 Å². The van der Waals surface area contributed by atoms with Crippen molar-refractivity contribution in [2.24, 2.45) is 14.1 Å². The van der Waals surface area contributed by atoms with Crippen LogP contribution in [-0.4, -0.2) is 19.9 Å². The average Bonchev–Trinajstić information content (AvgIpc) is 2.47. The van der Waals surface area contributed by atoms with Crippen LogP contribution in [0.2, 0.25) is 0 Å². The Bertz CT molecular complexity index is 692. The van der Waals surface area contributed by atoms with Crippen LogP contribution in [0.25, 0.3) is 0 Å². The van der Waals surface area contributed by atoms with Gasteiger partial charge in [0, 0.05) is 43.5 Å². The number of nitrogens with zero attached hydrogens (tertiary/aromatic N) is 3. The molecule has 2 heterocycles. The van der Waals surface area contributed by atoms with E-state index < -0.39 is 0 Å². The van der Waals surface area contributed by atoms with Crippen LogP contribution < -0.4 is 11.2 Å². The van der Waals surface area contributed by atoms with Crippen molar-refractivity contribution < 1.29 is 0 Å². The Kier molecular flexibility index (Phi) is 4.79. The number of hydrogen-bond acceptors (Lipinski definition) is 4. The van der Waals surface area contributed by atoms with Gasteiger partial charge in [0.25, 0.3) is 5.56 Å². The lowest BCUT2D eigenvalue weighted by molar-refractivity contribution is 0.665. The number of hydrogen-bond donors (Lipinski definition) is 0. The lowest BCUT2D eigenvalue weighted by atomic mass is 10.3. The summed E-state index contributed by atoms with van der Waals surface area (Å²) in [6.07, 6.45) is 2.66. The minimum atomic E-state index is -0.280. The first-order chi connectivity index (χ1) is 9.59. The van der Waals surface area contributed by atoms with Gasteiger partial charge in [-0.3, -0.25) is 18.9 Å². The number of aromatic nitrogens is 3. The molecule has 2 aromatic rings. The lowest BCUT2D eigenvalue weighted by Gasteiger charge is -2.08. The molecule has 2 aromatic heterocycles. The van der Waals surface area contributed by atoms with Crippen LogP contribution in [-0.2, 0) is 26.3 Å². The van der Waals surface area contributed by atoms with Crippen molar-refractivity contribution in [3.63, 3.8) is 0 Å². The van der Waals surface area contributed by atoms with Gasteiger partial charge in [0.2, 0.25) is 0 Å². The normalized spacial score (nSPS) is 10.7. The van der Waals surface area contributed by atoms with Gasteiger partial charge in [-0.2, -0.15) is 11.8 Å². The molecule has 5 nitrogen and oxygen atoms in total. The van der Waals surface area contributed by atoms with Crippen LogP contribution in [0.15, 0.2) is 40.1 Å². The molecule has 0 bridgehead atoms. The molecular weight excluding hydrogens is 274 g/mol.